The highest BCUT2D eigenvalue weighted by atomic mass is 16.6. The number of amides is 1. The van der Waals surface area contributed by atoms with Gasteiger partial charge in [0.1, 0.15) is 0 Å². The van der Waals surface area contributed by atoms with E-state index in [2.05, 4.69) is 29.3 Å². The molecule has 1 amide bonds. The highest BCUT2D eigenvalue weighted by Crippen LogP contribution is 2.26. The van der Waals surface area contributed by atoms with Crippen LogP contribution in [0.15, 0.2) is 53.6 Å². The fourth-order valence-corrected chi connectivity index (χ4v) is 2.57. The normalized spacial score (nSPS) is 11.8. The molecule has 148 valence electrons. The first-order valence-corrected chi connectivity index (χ1v) is 9.04. The maximum Gasteiger partial charge on any atom is 0.310 e. The molecule has 0 spiro atoms. The Morgan fingerprint density at radius 1 is 1.21 bits per heavy atom. The van der Waals surface area contributed by atoms with Gasteiger partial charge in [0.2, 0.25) is 0 Å². The van der Waals surface area contributed by atoms with Crippen molar-refractivity contribution in [3.63, 3.8) is 0 Å². The highest BCUT2D eigenvalue weighted by Gasteiger charge is 2.20. The van der Waals surface area contributed by atoms with Crippen LogP contribution in [0.5, 0.6) is 5.75 Å². The number of nitrogens with one attached hydrogen (secondary N) is 1. The quantitative estimate of drug-likeness (QED) is 0.406. The molecule has 2 aromatic carbocycles. The number of nitro benzene ring substituents is 1. The molecule has 0 bridgehead atoms. The fraction of sp³-hybridized carbons (Fsp3) is 0.300. The predicted octanol–water partition coefficient (Wildman–Crippen LogP) is 3.36. The van der Waals surface area contributed by atoms with Crippen molar-refractivity contribution in [2.45, 2.75) is 26.9 Å². The van der Waals surface area contributed by atoms with Crippen molar-refractivity contribution in [2.24, 2.45) is 5.10 Å². The molecule has 0 aliphatic carbocycles. The van der Waals surface area contributed by atoms with Crippen LogP contribution < -0.4 is 15.1 Å². The topological polar surface area (TPSA) is 97.1 Å². The molecule has 0 radical (unpaired) electrons. The van der Waals surface area contributed by atoms with E-state index in [0.717, 1.165) is 24.3 Å². The number of nitro groups is 1. The van der Waals surface area contributed by atoms with Gasteiger partial charge in [0.05, 0.1) is 11.1 Å². The monoisotopic (exact) mass is 384 g/mol. The van der Waals surface area contributed by atoms with Gasteiger partial charge in [0, 0.05) is 24.8 Å². The van der Waals surface area contributed by atoms with E-state index in [4.69, 9.17) is 4.74 Å². The lowest BCUT2D eigenvalue weighted by atomic mass is 10.2. The largest absolute Gasteiger partial charge is 0.474 e. The molecule has 1 atom stereocenters. The van der Waals surface area contributed by atoms with Crippen LogP contribution in [0.2, 0.25) is 0 Å². The molecule has 0 saturated carbocycles. The maximum atomic E-state index is 12.1. The molecule has 8 nitrogen and oxygen atoms in total. The van der Waals surface area contributed by atoms with Crippen molar-refractivity contribution >= 4 is 23.5 Å². The van der Waals surface area contributed by atoms with E-state index in [9.17, 15) is 14.9 Å². The number of carbonyl (C=O) groups excluding carboxylic acids is 1. The Morgan fingerprint density at radius 3 is 2.46 bits per heavy atom. The van der Waals surface area contributed by atoms with Gasteiger partial charge >= 0.3 is 5.69 Å². The number of nitrogens with zero attached hydrogens (tertiary/aromatic N) is 3. The number of benzene rings is 2. The molecule has 28 heavy (non-hydrogen) atoms. The number of carbonyl (C=O) groups is 1. The second-order valence-corrected chi connectivity index (χ2v) is 5.98. The van der Waals surface area contributed by atoms with Gasteiger partial charge in [0.15, 0.2) is 11.9 Å². The lowest BCUT2D eigenvalue weighted by molar-refractivity contribution is -0.386. The Balaban J connectivity index is 1.93. The highest BCUT2D eigenvalue weighted by molar-refractivity contribution is 5.84. The number of hydrazone groups is 1. The van der Waals surface area contributed by atoms with E-state index in [0.29, 0.717) is 0 Å². The lowest BCUT2D eigenvalue weighted by Crippen LogP contribution is -2.33. The van der Waals surface area contributed by atoms with Crippen LogP contribution in [-0.4, -0.2) is 36.2 Å². The second-order valence-electron chi connectivity index (χ2n) is 5.98. The zero-order valence-corrected chi connectivity index (χ0v) is 16.2. The first-order chi connectivity index (χ1) is 13.5. The molecular weight excluding hydrogens is 360 g/mol. The minimum atomic E-state index is -0.941. The van der Waals surface area contributed by atoms with Crippen LogP contribution in [0.3, 0.4) is 0 Å². The number of hydrogen-bond donors (Lipinski definition) is 1. The van der Waals surface area contributed by atoms with Gasteiger partial charge in [-0.05, 0) is 44.5 Å². The molecule has 0 aromatic heterocycles. The summed E-state index contributed by atoms with van der Waals surface area (Å²) in [5, 5.41) is 14.9. The Hall–Kier alpha value is -3.42. The first-order valence-electron chi connectivity index (χ1n) is 9.04. The van der Waals surface area contributed by atoms with Crippen LogP contribution in [0, 0.1) is 10.1 Å². The van der Waals surface area contributed by atoms with Gasteiger partial charge in [-0.1, -0.05) is 24.3 Å². The van der Waals surface area contributed by atoms with Gasteiger partial charge in [0.25, 0.3) is 5.91 Å². The zero-order valence-electron chi connectivity index (χ0n) is 16.2. The Kier molecular flexibility index (Phi) is 7.50. The summed E-state index contributed by atoms with van der Waals surface area (Å²) in [4.78, 5) is 24.8. The molecule has 2 aromatic rings. The summed E-state index contributed by atoms with van der Waals surface area (Å²) >= 11 is 0. The van der Waals surface area contributed by atoms with Crippen molar-refractivity contribution < 1.29 is 14.5 Å². The van der Waals surface area contributed by atoms with Crippen LogP contribution in [0.25, 0.3) is 0 Å². The molecule has 0 fully saturated rings. The van der Waals surface area contributed by atoms with Gasteiger partial charge in [-0.25, -0.2) is 5.43 Å². The minimum Gasteiger partial charge on any atom is -0.474 e. The van der Waals surface area contributed by atoms with Crippen molar-refractivity contribution in [3.8, 4) is 5.75 Å². The summed E-state index contributed by atoms with van der Waals surface area (Å²) in [5.74, 6) is -0.472. The van der Waals surface area contributed by atoms with Crippen molar-refractivity contribution in [1.82, 2.24) is 5.43 Å². The summed E-state index contributed by atoms with van der Waals surface area (Å²) < 4.78 is 5.40. The van der Waals surface area contributed by atoms with E-state index in [1.165, 1.54) is 31.3 Å². The molecule has 1 N–H and O–H groups in total. The Labute approximate surface area is 164 Å². The molecule has 0 heterocycles. The van der Waals surface area contributed by atoms with Gasteiger partial charge in [-0.2, -0.15) is 5.10 Å². The third-order valence-corrected chi connectivity index (χ3v) is 4.14. The van der Waals surface area contributed by atoms with Gasteiger partial charge in [-0.15, -0.1) is 0 Å². The minimum absolute atomic E-state index is 0.0334. The third-order valence-electron chi connectivity index (χ3n) is 4.14. The van der Waals surface area contributed by atoms with E-state index < -0.39 is 16.9 Å². The average Bonchev–Trinajstić information content (AvgIpc) is 2.70. The summed E-state index contributed by atoms with van der Waals surface area (Å²) in [7, 11) is 0. The van der Waals surface area contributed by atoms with Crippen molar-refractivity contribution in [2.75, 3.05) is 18.0 Å². The standard InChI is InChI=1S/C20H24N4O4/c1-4-23(5-2)17-12-10-16(11-13-17)14-21-22-20(25)15(3)28-19-9-7-6-8-18(19)24(26)27/h6-15H,4-5H2,1-3H3,(H,22,25)/b21-14+. The third kappa shape index (κ3) is 5.54. The Bertz CT molecular complexity index is 832. The molecule has 0 saturated heterocycles. The number of hydrogen-bond acceptors (Lipinski definition) is 6. The number of para-hydroxylation sites is 2. The van der Waals surface area contributed by atoms with Crippen molar-refractivity contribution in [1.29, 1.82) is 0 Å². The molecule has 0 aliphatic heterocycles. The first kappa shape index (κ1) is 20.9. The number of rotatable bonds is 9. The van der Waals surface area contributed by atoms with E-state index in [-0.39, 0.29) is 11.4 Å². The smallest absolute Gasteiger partial charge is 0.310 e. The number of ether oxygens (including phenoxy) is 1. The zero-order chi connectivity index (χ0) is 20.5. The molecule has 2 rings (SSSR count). The van der Waals surface area contributed by atoms with Gasteiger partial charge in [-0.3, -0.25) is 14.9 Å². The Morgan fingerprint density at radius 2 is 1.86 bits per heavy atom. The van der Waals surface area contributed by atoms with Crippen LogP contribution in [0.1, 0.15) is 26.3 Å². The average molecular weight is 384 g/mol. The van der Waals surface area contributed by atoms with Crippen LogP contribution >= 0.6 is 0 Å². The van der Waals surface area contributed by atoms with Crippen LogP contribution in [-0.2, 0) is 4.79 Å². The molecule has 1 unspecified atom stereocenters. The fourth-order valence-electron chi connectivity index (χ4n) is 2.57. The molecule has 0 aliphatic rings. The van der Waals surface area contributed by atoms with Crippen molar-refractivity contribution in [3.05, 3.63) is 64.2 Å². The maximum absolute atomic E-state index is 12.1. The SMILES string of the molecule is CCN(CC)c1ccc(/C=N/NC(=O)C(C)Oc2ccccc2[N+](=O)[O-])cc1. The summed E-state index contributed by atoms with van der Waals surface area (Å²) in [6.45, 7) is 7.55. The summed E-state index contributed by atoms with van der Waals surface area (Å²) in [6.07, 6.45) is 0.588. The summed E-state index contributed by atoms with van der Waals surface area (Å²) in [5.41, 5.74) is 4.15. The molecular formula is C20H24N4O4. The van der Waals surface area contributed by atoms with Gasteiger partial charge < -0.3 is 9.64 Å². The van der Waals surface area contributed by atoms with E-state index in [1.54, 1.807) is 6.07 Å². The van der Waals surface area contributed by atoms with E-state index in [1.807, 2.05) is 24.3 Å². The predicted molar refractivity (Wildman–Crippen MR) is 109 cm³/mol. The summed E-state index contributed by atoms with van der Waals surface area (Å²) in [6, 6.07) is 13.7. The molecule has 8 heteroatoms. The lowest BCUT2D eigenvalue weighted by Gasteiger charge is -2.20. The second kappa shape index (κ2) is 10.1. The van der Waals surface area contributed by atoms with E-state index >= 15 is 0 Å². The van der Waals surface area contributed by atoms with Crippen LogP contribution in [0.4, 0.5) is 11.4 Å². The number of anilines is 1.